The molecule has 20 heavy (non-hydrogen) atoms. The number of nitrogens with one attached hydrogen (secondary N) is 2. The number of halogens is 1. The summed E-state index contributed by atoms with van der Waals surface area (Å²) < 4.78 is 6.49. The van der Waals surface area contributed by atoms with E-state index in [1.165, 1.54) is 0 Å². The van der Waals surface area contributed by atoms with E-state index in [2.05, 4.69) is 31.5 Å². The molecule has 0 aliphatic rings. The average molecular weight is 344 g/mol. The Bertz CT molecular complexity index is 413. The van der Waals surface area contributed by atoms with Gasteiger partial charge in [0.1, 0.15) is 12.4 Å². The molecule has 0 saturated carbocycles. The van der Waals surface area contributed by atoms with Crippen LogP contribution in [0.2, 0.25) is 0 Å². The minimum atomic E-state index is -0.151. The fourth-order valence-electron chi connectivity index (χ4n) is 1.55. The summed E-state index contributed by atoms with van der Waals surface area (Å²) in [5, 5.41) is 5.56. The second kappa shape index (κ2) is 9.61. The molecule has 0 spiro atoms. The molecule has 112 valence electrons. The third-order valence-corrected chi connectivity index (χ3v) is 3.01. The smallest absolute Gasteiger partial charge is 0.314 e. The van der Waals surface area contributed by atoms with Crippen molar-refractivity contribution in [3.8, 4) is 5.75 Å². The summed E-state index contributed by atoms with van der Waals surface area (Å²) in [5.74, 6) is 0.785. The van der Waals surface area contributed by atoms with Gasteiger partial charge in [-0.25, -0.2) is 4.79 Å². The Labute approximate surface area is 128 Å². The number of hydrogen-bond acceptors (Lipinski definition) is 3. The highest BCUT2D eigenvalue weighted by atomic mass is 79.9. The second-order valence-corrected chi connectivity index (χ2v) is 5.56. The lowest BCUT2D eigenvalue weighted by molar-refractivity contribution is 0.236. The molecule has 0 unspecified atom stereocenters. The molecule has 0 fully saturated rings. The summed E-state index contributed by atoms with van der Waals surface area (Å²) in [7, 11) is 4.03. The van der Waals surface area contributed by atoms with Gasteiger partial charge in [-0.15, -0.1) is 0 Å². The normalized spacial score (nSPS) is 10.4. The first-order chi connectivity index (χ1) is 9.58. The van der Waals surface area contributed by atoms with Crippen LogP contribution in [0.25, 0.3) is 0 Å². The zero-order chi connectivity index (χ0) is 14.8. The van der Waals surface area contributed by atoms with Crippen LogP contribution in [0.5, 0.6) is 5.75 Å². The first-order valence-corrected chi connectivity index (χ1v) is 7.42. The van der Waals surface area contributed by atoms with Crippen LogP contribution in [0.15, 0.2) is 28.7 Å². The predicted octanol–water partition coefficient (Wildman–Crippen LogP) is 2.08. The van der Waals surface area contributed by atoms with Crippen LogP contribution in [0.1, 0.15) is 6.42 Å². The van der Waals surface area contributed by atoms with Gasteiger partial charge in [0, 0.05) is 11.0 Å². The summed E-state index contributed by atoms with van der Waals surface area (Å²) in [6, 6.07) is 7.46. The van der Waals surface area contributed by atoms with Crippen molar-refractivity contribution >= 4 is 22.0 Å². The maximum Gasteiger partial charge on any atom is 0.314 e. The van der Waals surface area contributed by atoms with Gasteiger partial charge >= 0.3 is 6.03 Å². The van der Waals surface area contributed by atoms with Crippen molar-refractivity contribution in [3.63, 3.8) is 0 Å². The van der Waals surface area contributed by atoms with E-state index in [0.717, 1.165) is 23.2 Å². The minimum absolute atomic E-state index is 0.151. The highest BCUT2D eigenvalue weighted by Crippen LogP contribution is 2.17. The fourth-order valence-corrected chi connectivity index (χ4v) is 1.93. The molecular formula is C14H22BrN3O2. The third kappa shape index (κ3) is 8.01. The van der Waals surface area contributed by atoms with Crippen molar-refractivity contribution in [3.05, 3.63) is 28.7 Å². The van der Waals surface area contributed by atoms with E-state index in [1.54, 1.807) is 0 Å². The van der Waals surface area contributed by atoms with Gasteiger partial charge in [0.2, 0.25) is 0 Å². The number of benzene rings is 1. The van der Waals surface area contributed by atoms with Crippen LogP contribution in [0.4, 0.5) is 4.79 Å². The molecule has 1 rings (SSSR count). The van der Waals surface area contributed by atoms with E-state index in [0.29, 0.717) is 19.7 Å². The van der Waals surface area contributed by atoms with Gasteiger partial charge in [-0.05, 0) is 45.3 Å². The topological polar surface area (TPSA) is 53.6 Å². The highest BCUT2D eigenvalue weighted by molar-refractivity contribution is 9.10. The largest absolute Gasteiger partial charge is 0.492 e. The van der Waals surface area contributed by atoms with Crippen molar-refractivity contribution in [1.82, 2.24) is 15.5 Å². The average Bonchev–Trinajstić information content (AvgIpc) is 2.40. The molecule has 2 amide bonds. The summed E-state index contributed by atoms with van der Waals surface area (Å²) in [6.45, 7) is 2.57. The van der Waals surface area contributed by atoms with Crippen molar-refractivity contribution in [2.24, 2.45) is 0 Å². The number of urea groups is 1. The number of hydrogen-bond donors (Lipinski definition) is 2. The number of carbonyl (C=O) groups is 1. The Morgan fingerprint density at radius 2 is 2.05 bits per heavy atom. The third-order valence-electron chi connectivity index (χ3n) is 2.52. The Hall–Kier alpha value is -1.27. The molecule has 0 radical (unpaired) electrons. The number of carbonyl (C=O) groups excluding carboxylic acids is 1. The van der Waals surface area contributed by atoms with Gasteiger partial charge in [0.25, 0.3) is 0 Å². The molecule has 0 aliphatic heterocycles. The van der Waals surface area contributed by atoms with Gasteiger partial charge in [0.05, 0.1) is 6.54 Å². The molecule has 5 nitrogen and oxygen atoms in total. The van der Waals surface area contributed by atoms with Crippen molar-refractivity contribution in [2.75, 3.05) is 40.3 Å². The molecule has 0 aromatic heterocycles. The fraction of sp³-hybridized carbons (Fsp3) is 0.500. The monoisotopic (exact) mass is 343 g/mol. The summed E-state index contributed by atoms with van der Waals surface area (Å²) in [4.78, 5) is 13.5. The van der Waals surface area contributed by atoms with E-state index < -0.39 is 0 Å². The van der Waals surface area contributed by atoms with Crippen LogP contribution >= 0.6 is 15.9 Å². The molecular weight excluding hydrogens is 322 g/mol. The number of ether oxygens (including phenoxy) is 1. The van der Waals surface area contributed by atoms with Gasteiger partial charge < -0.3 is 20.3 Å². The van der Waals surface area contributed by atoms with Gasteiger partial charge in [0.15, 0.2) is 0 Å². The Balaban J connectivity index is 2.04. The molecule has 0 bridgehead atoms. The minimum Gasteiger partial charge on any atom is -0.492 e. The first-order valence-electron chi connectivity index (χ1n) is 6.63. The van der Waals surface area contributed by atoms with E-state index in [-0.39, 0.29) is 6.03 Å². The summed E-state index contributed by atoms with van der Waals surface area (Å²) >= 11 is 3.38. The van der Waals surface area contributed by atoms with E-state index >= 15 is 0 Å². The quantitative estimate of drug-likeness (QED) is 0.710. The molecule has 6 heteroatoms. The molecule has 2 N–H and O–H groups in total. The Morgan fingerprint density at radius 1 is 1.30 bits per heavy atom. The summed E-state index contributed by atoms with van der Waals surface area (Å²) in [5.41, 5.74) is 0. The second-order valence-electron chi connectivity index (χ2n) is 4.65. The lowest BCUT2D eigenvalue weighted by atomic mass is 10.3. The molecule has 1 aromatic rings. The zero-order valence-corrected chi connectivity index (χ0v) is 13.6. The highest BCUT2D eigenvalue weighted by Gasteiger charge is 1.99. The Morgan fingerprint density at radius 3 is 2.75 bits per heavy atom. The van der Waals surface area contributed by atoms with Crippen LogP contribution in [-0.2, 0) is 0 Å². The standard InChI is InChI=1S/C14H22BrN3O2/c1-18(2)9-4-7-16-14(19)17-8-10-20-13-6-3-5-12(15)11-13/h3,5-6,11H,4,7-10H2,1-2H3,(H2,16,17,19). The Kier molecular flexibility index (Phi) is 8.06. The van der Waals surface area contributed by atoms with Crippen LogP contribution < -0.4 is 15.4 Å². The van der Waals surface area contributed by atoms with Gasteiger partial charge in [-0.2, -0.15) is 0 Å². The van der Waals surface area contributed by atoms with Gasteiger partial charge in [-0.1, -0.05) is 22.0 Å². The van der Waals surface area contributed by atoms with Crippen molar-refractivity contribution in [2.45, 2.75) is 6.42 Å². The maximum absolute atomic E-state index is 11.5. The van der Waals surface area contributed by atoms with Crippen LogP contribution in [-0.4, -0.2) is 51.3 Å². The molecule has 0 aliphatic carbocycles. The molecule has 1 aromatic carbocycles. The lowest BCUT2D eigenvalue weighted by Crippen LogP contribution is -2.38. The SMILES string of the molecule is CN(C)CCCNC(=O)NCCOc1cccc(Br)c1. The van der Waals surface area contributed by atoms with Crippen LogP contribution in [0.3, 0.4) is 0 Å². The molecule has 0 atom stereocenters. The van der Waals surface area contributed by atoms with E-state index in [1.807, 2.05) is 38.4 Å². The number of amides is 2. The van der Waals surface area contributed by atoms with Gasteiger partial charge in [-0.3, -0.25) is 0 Å². The molecule has 0 heterocycles. The zero-order valence-electron chi connectivity index (χ0n) is 12.0. The van der Waals surface area contributed by atoms with E-state index in [4.69, 9.17) is 4.74 Å². The lowest BCUT2D eigenvalue weighted by Gasteiger charge is -2.11. The van der Waals surface area contributed by atoms with Crippen molar-refractivity contribution < 1.29 is 9.53 Å². The molecule has 0 saturated heterocycles. The van der Waals surface area contributed by atoms with Crippen LogP contribution in [0, 0.1) is 0 Å². The number of rotatable bonds is 8. The summed E-state index contributed by atoms with van der Waals surface area (Å²) in [6.07, 6.45) is 0.939. The maximum atomic E-state index is 11.5. The predicted molar refractivity (Wildman–Crippen MR) is 84.2 cm³/mol. The van der Waals surface area contributed by atoms with E-state index in [9.17, 15) is 4.79 Å². The van der Waals surface area contributed by atoms with Crippen molar-refractivity contribution in [1.29, 1.82) is 0 Å². The number of nitrogens with zero attached hydrogens (tertiary/aromatic N) is 1. The first kappa shape index (κ1) is 16.8.